The Bertz CT molecular complexity index is 611. The fraction of sp³-hybridized carbons (Fsp3) is 0.333. The highest BCUT2D eigenvalue weighted by atomic mass is 35.5. The van der Waals surface area contributed by atoms with E-state index in [4.69, 9.17) is 11.6 Å². The summed E-state index contributed by atoms with van der Waals surface area (Å²) in [4.78, 5) is 27.9. The van der Waals surface area contributed by atoms with Crippen molar-refractivity contribution in [3.05, 3.63) is 30.6 Å². The van der Waals surface area contributed by atoms with Gasteiger partial charge in [0.2, 0.25) is 0 Å². The number of rotatable bonds is 2. The highest BCUT2D eigenvalue weighted by Gasteiger charge is 2.12. The summed E-state index contributed by atoms with van der Waals surface area (Å²) in [6.07, 6.45) is 1.73. The number of fused-ring (bicyclic) bond motifs is 1. The molecule has 0 aliphatic heterocycles. The van der Waals surface area contributed by atoms with Crippen LogP contribution < -0.4 is 11.1 Å². The molecule has 6 heteroatoms. The molecule has 0 aliphatic carbocycles. The van der Waals surface area contributed by atoms with Crippen LogP contribution in [-0.4, -0.2) is 9.97 Å². The first-order valence-electron chi connectivity index (χ1n) is 4.57. The molecule has 0 unspecified atom stereocenters. The van der Waals surface area contributed by atoms with Crippen LogP contribution in [0.1, 0.15) is 18.9 Å². The molecule has 0 radical (unpaired) electrons. The van der Waals surface area contributed by atoms with Crippen molar-refractivity contribution < 1.29 is 0 Å². The van der Waals surface area contributed by atoms with Crippen molar-refractivity contribution in [3.8, 4) is 0 Å². The highest BCUT2D eigenvalue weighted by Crippen LogP contribution is 2.32. The van der Waals surface area contributed by atoms with E-state index in [1.807, 2.05) is 6.92 Å². The summed E-state index contributed by atoms with van der Waals surface area (Å²) < 4.78 is 0.629. The average Bonchev–Trinajstić information content (AvgIpc) is 2.46. The molecule has 0 saturated heterocycles. The van der Waals surface area contributed by atoms with Crippen molar-refractivity contribution in [2.24, 2.45) is 0 Å². The average molecular weight is 245 g/mol. The highest BCUT2D eigenvalue weighted by molar-refractivity contribution is 7.22. The van der Waals surface area contributed by atoms with Crippen molar-refractivity contribution in [1.82, 2.24) is 9.97 Å². The van der Waals surface area contributed by atoms with Gasteiger partial charge in [-0.05, 0) is 6.42 Å². The van der Waals surface area contributed by atoms with Gasteiger partial charge in [0.15, 0.2) is 0 Å². The number of nitrogens with one attached hydrogen (secondary N) is 2. The molecule has 80 valence electrons. The van der Waals surface area contributed by atoms with Gasteiger partial charge in [-0.25, -0.2) is 0 Å². The van der Waals surface area contributed by atoms with Crippen LogP contribution in [-0.2, 0) is 6.42 Å². The van der Waals surface area contributed by atoms with Gasteiger partial charge in [-0.3, -0.25) is 9.59 Å². The SMILES string of the molecule is CCCc1c(Cl)sc2[nH]c(=O)c(=O)[nH]c12. The minimum atomic E-state index is -0.636. The molecule has 2 rings (SSSR count). The molecule has 0 saturated carbocycles. The molecule has 2 heterocycles. The van der Waals surface area contributed by atoms with Crippen LogP contribution in [0.5, 0.6) is 0 Å². The van der Waals surface area contributed by atoms with Crippen LogP contribution in [0, 0.1) is 0 Å². The van der Waals surface area contributed by atoms with Gasteiger partial charge < -0.3 is 9.97 Å². The van der Waals surface area contributed by atoms with Crippen LogP contribution in [0.15, 0.2) is 9.59 Å². The van der Waals surface area contributed by atoms with Crippen molar-refractivity contribution in [3.63, 3.8) is 0 Å². The van der Waals surface area contributed by atoms with E-state index in [0.717, 1.165) is 18.4 Å². The summed E-state index contributed by atoms with van der Waals surface area (Å²) in [5.74, 6) is 0. The Balaban J connectivity index is 2.81. The molecule has 15 heavy (non-hydrogen) atoms. The Kier molecular flexibility index (Phi) is 2.67. The minimum absolute atomic E-state index is 0.629. The third-order valence-electron chi connectivity index (χ3n) is 2.13. The molecule has 0 amide bonds. The summed E-state index contributed by atoms with van der Waals surface area (Å²) in [5, 5.41) is 0. The van der Waals surface area contributed by atoms with Gasteiger partial charge in [0.1, 0.15) is 9.17 Å². The maximum absolute atomic E-state index is 11.2. The van der Waals surface area contributed by atoms with Crippen LogP contribution in [0.2, 0.25) is 4.34 Å². The molecule has 2 aromatic rings. The Morgan fingerprint density at radius 3 is 2.60 bits per heavy atom. The van der Waals surface area contributed by atoms with E-state index in [-0.39, 0.29) is 0 Å². The van der Waals surface area contributed by atoms with Gasteiger partial charge in [-0.2, -0.15) is 0 Å². The van der Waals surface area contributed by atoms with Crippen molar-refractivity contribution in [1.29, 1.82) is 0 Å². The molecular weight excluding hydrogens is 236 g/mol. The maximum atomic E-state index is 11.2. The Labute approximate surface area is 93.9 Å². The molecule has 0 spiro atoms. The topological polar surface area (TPSA) is 65.7 Å². The summed E-state index contributed by atoms with van der Waals surface area (Å²) in [5.41, 5.74) is 0.307. The molecule has 0 bridgehead atoms. The van der Waals surface area contributed by atoms with E-state index in [1.165, 1.54) is 11.3 Å². The maximum Gasteiger partial charge on any atom is 0.314 e. The standard InChI is InChI=1S/C9H9ClN2O2S/c1-2-3-4-5-9(15-6(4)10)12-8(14)7(13)11-5/h2-3H2,1H3,(H,11,13)(H,12,14). The Morgan fingerprint density at radius 2 is 1.93 bits per heavy atom. The lowest BCUT2D eigenvalue weighted by molar-refractivity contribution is 0.928. The van der Waals surface area contributed by atoms with Gasteiger partial charge >= 0.3 is 11.1 Å². The van der Waals surface area contributed by atoms with Gasteiger partial charge in [-0.15, -0.1) is 11.3 Å². The molecule has 0 aliphatic rings. The quantitative estimate of drug-likeness (QED) is 0.793. The summed E-state index contributed by atoms with van der Waals surface area (Å²) in [6.45, 7) is 2.03. The van der Waals surface area contributed by atoms with Gasteiger partial charge in [0.25, 0.3) is 0 Å². The lowest BCUT2D eigenvalue weighted by Crippen LogP contribution is -2.28. The smallest absolute Gasteiger partial charge is 0.314 e. The summed E-state index contributed by atoms with van der Waals surface area (Å²) in [7, 11) is 0. The fourth-order valence-corrected chi connectivity index (χ4v) is 2.81. The lowest BCUT2D eigenvalue weighted by Gasteiger charge is -1.95. The zero-order valence-electron chi connectivity index (χ0n) is 8.02. The van der Waals surface area contributed by atoms with Crippen molar-refractivity contribution >= 4 is 33.3 Å². The first kappa shape index (κ1) is 10.4. The van der Waals surface area contributed by atoms with Crippen molar-refractivity contribution in [2.75, 3.05) is 0 Å². The van der Waals surface area contributed by atoms with Crippen LogP contribution in [0.4, 0.5) is 0 Å². The minimum Gasteiger partial charge on any atom is -0.315 e. The predicted octanol–water partition coefficient (Wildman–Crippen LogP) is 1.88. The van der Waals surface area contributed by atoms with E-state index >= 15 is 0 Å². The van der Waals surface area contributed by atoms with E-state index in [1.54, 1.807) is 0 Å². The Hall–Kier alpha value is -1.07. The van der Waals surface area contributed by atoms with Crippen LogP contribution in [0.3, 0.4) is 0 Å². The second-order valence-corrected chi connectivity index (χ2v) is 4.84. The van der Waals surface area contributed by atoms with Gasteiger partial charge in [-0.1, -0.05) is 24.9 Å². The first-order chi connectivity index (χ1) is 7.13. The molecule has 0 fully saturated rings. The lowest BCUT2D eigenvalue weighted by atomic mass is 10.2. The van der Waals surface area contributed by atoms with E-state index < -0.39 is 11.1 Å². The number of hydrogen-bond donors (Lipinski definition) is 2. The number of hydrogen-bond acceptors (Lipinski definition) is 3. The van der Waals surface area contributed by atoms with Crippen LogP contribution >= 0.6 is 22.9 Å². The largest absolute Gasteiger partial charge is 0.315 e. The molecule has 2 N–H and O–H groups in total. The zero-order valence-corrected chi connectivity index (χ0v) is 9.59. The molecular formula is C9H9ClN2O2S. The van der Waals surface area contributed by atoms with Gasteiger partial charge in [0, 0.05) is 5.56 Å². The van der Waals surface area contributed by atoms with Crippen molar-refractivity contribution in [2.45, 2.75) is 19.8 Å². The third kappa shape index (κ3) is 1.72. The third-order valence-corrected chi connectivity index (χ3v) is 3.53. The van der Waals surface area contributed by atoms with E-state index in [0.29, 0.717) is 14.7 Å². The molecule has 2 aromatic heterocycles. The van der Waals surface area contributed by atoms with E-state index in [2.05, 4.69) is 9.97 Å². The molecule has 4 nitrogen and oxygen atoms in total. The molecule has 0 aromatic carbocycles. The first-order valence-corrected chi connectivity index (χ1v) is 5.76. The zero-order chi connectivity index (χ0) is 11.0. The predicted molar refractivity (Wildman–Crippen MR) is 62.1 cm³/mol. The Morgan fingerprint density at radius 1 is 1.27 bits per heavy atom. The summed E-state index contributed by atoms with van der Waals surface area (Å²) >= 11 is 7.31. The second kappa shape index (κ2) is 3.83. The van der Waals surface area contributed by atoms with Crippen LogP contribution in [0.25, 0.3) is 10.3 Å². The normalized spacial score (nSPS) is 11.1. The second-order valence-electron chi connectivity index (χ2n) is 3.22. The molecule has 0 atom stereocenters. The number of thiophene rings is 1. The monoisotopic (exact) mass is 244 g/mol. The number of aromatic nitrogens is 2. The number of aromatic amines is 2. The van der Waals surface area contributed by atoms with E-state index in [9.17, 15) is 9.59 Å². The summed E-state index contributed by atoms with van der Waals surface area (Å²) in [6, 6.07) is 0. The van der Waals surface area contributed by atoms with Gasteiger partial charge in [0.05, 0.1) is 5.52 Å². The number of halogens is 1. The number of aryl methyl sites for hydroxylation is 1. The number of H-pyrrole nitrogens is 2. The fourth-order valence-electron chi connectivity index (χ4n) is 1.46.